The molecule has 0 spiro atoms. The largest absolute Gasteiger partial charge is 0.490 e. The van der Waals surface area contributed by atoms with Crippen LogP contribution >= 0.6 is 0 Å². The van der Waals surface area contributed by atoms with Gasteiger partial charge in [0.25, 0.3) is 0 Å². The quantitative estimate of drug-likeness (QED) is 0.208. The zero-order chi connectivity index (χ0) is 23.7. The SMILES string of the molecule is CCCCCCCCCCOc1ccc(-c2ncc(CCCCCCCC)cn2)c(F)c1F. The second-order valence-electron chi connectivity index (χ2n) is 9.00. The summed E-state index contributed by atoms with van der Waals surface area (Å²) in [4.78, 5) is 8.55. The summed E-state index contributed by atoms with van der Waals surface area (Å²) >= 11 is 0. The molecule has 0 atom stereocenters. The molecular weight excluding hydrogens is 418 g/mol. The molecule has 0 saturated heterocycles. The molecule has 1 aromatic carbocycles. The first kappa shape index (κ1) is 27.2. The van der Waals surface area contributed by atoms with E-state index in [0.717, 1.165) is 37.7 Å². The maximum Gasteiger partial charge on any atom is 0.201 e. The van der Waals surface area contributed by atoms with Gasteiger partial charge in [0.1, 0.15) is 0 Å². The highest BCUT2D eigenvalue weighted by Crippen LogP contribution is 2.28. The molecule has 0 saturated carbocycles. The standard InChI is InChI=1S/C28H42F2N2O/c1-3-5-7-9-11-12-14-16-20-33-25-19-18-24(26(29)27(25)30)28-31-21-23(22-32-28)17-15-13-10-8-6-4-2/h18-19,21-22H,3-17,20H2,1-2H3. The van der Waals surface area contributed by atoms with Gasteiger partial charge in [-0.1, -0.05) is 90.9 Å². The first-order chi connectivity index (χ1) is 16.2. The predicted molar refractivity (Wildman–Crippen MR) is 133 cm³/mol. The lowest BCUT2D eigenvalue weighted by atomic mass is 10.1. The molecule has 2 aromatic rings. The van der Waals surface area contributed by atoms with Crippen molar-refractivity contribution in [3.8, 4) is 17.1 Å². The highest BCUT2D eigenvalue weighted by atomic mass is 19.2. The number of benzene rings is 1. The summed E-state index contributed by atoms with van der Waals surface area (Å²) in [5, 5.41) is 0. The summed E-state index contributed by atoms with van der Waals surface area (Å²) in [5.41, 5.74) is 1.10. The Morgan fingerprint density at radius 1 is 0.667 bits per heavy atom. The van der Waals surface area contributed by atoms with Crippen molar-refractivity contribution in [2.45, 2.75) is 110 Å². The van der Waals surface area contributed by atoms with Gasteiger partial charge in [0.15, 0.2) is 17.4 Å². The third kappa shape index (κ3) is 10.2. The van der Waals surface area contributed by atoms with E-state index in [4.69, 9.17) is 4.74 Å². The molecule has 0 amide bonds. The monoisotopic (exact) mass is 460 g/mol. The van der Waals surface area contributed by atoms with Crippen LogP contribution in [0.15, 0.2) is 24.5 Å². The average Bonchev–Trinajstić information content (AvgIpc) is 2.83. The third-order valence-electron chi connectivity index (χ3n) is 6.07. The molecular formula is C28H42F2N2O. The minimum atomic E-state index is -0.966. The Bertz CT molecular complexity index is 780. The Balaban J connectivity index is 1.77. The number of ether oxygens (including phenoxy) is 1. The molecule has 0 N–H and O–H groups in total. The fraction of sp³-hybridized carbons (Fsp3) is 0.643. The second-order valence-corrected chi connectivity index (χ2v) is 9.00. The lowest BCUT2D eigenvalue weighted by Crippen LogP contribution is -2.03. The van der Waals surface area contributed by atoms with Gasteiger partial charge in [-0.3, -0.25) is 0 Å². The van der Waals surface area contributed by atoms with Crippen molar-refractivity contribution in [2.75, 3.05) is 6.61 Å². The number of hydrogen-bond acceptors (Lipinski definition) is 3. The normalized spacial score (nSPS) is 11.2. The maximum atomic E-state index is 14.6. The Morgan fingerprint density at radius 2 is 1.21 bits per heavy atom. The Labute approximate surface area is 199 Å². The van der Waals surface area contributed by atoms with Crippen LogP contribution < -0.4 is 4.74 Å². The minimum absolute atomic E-state index is 0.0427. The molecule has 0 aliphatic heterocycles. The van der Waals surface area contributed by atoms with Gasteiger partial charge in [-0.15, -0.1) is 0 Å². The van der Waals surface area contributed by atoms with Gasteiger partial charge in [0, 0.05) is 12.4 Å². The molecule has 33 heavy (non-hydrogen) atoms. The Morgan fingerprint density at radius 3 is 1.82 bits per heavy atom. The Kier molecular flexibility index (Phi) is 13.6. The van der Waals surface area contributed by atoms with Gasteiger partial charge < -0.3 is 4.74 Å². The van der Waals surface area contributed by atoms with Crippen LogP contribution in [0.1, 0.15) is 109 Å². The number of aryl methyl sites for hydroxylation is 1. The van der Waals surface area contributed by atoms with Crippen molar-refractivity contribution in [1.29, 1.82) is 0 Å². The van der Waals surface area contributed by atoms with Crippen molar-refractivity contribution in [3.05, 3.63) is 41.7 Å². The van der Waals surface area contributed by atoms with E-state index in [-0.39, 0.29) is 17.1 Å². The highest BCUT2D eigenvalue weighted by molar-refractivity contribution is 5.57. The van der Waals surface area contributed by atoms with Crippen molar-refractivity contribution in [3.63, 3.8) is 0 Å². The summed E-state index contributed by atoms with van der Waals surface area (Å²) in [6.45, 7) is 4.83. The van der Waals surface area contributed by atoms with Crippen LogP contribution in [0.2, 0.25) is 0 Å². The van der Waals surface area contributed by atoms with Crippen molar-refractivity contribution in [1.82, 2.24) is 9.97 Å². The zero-order valence-electron chi connectivity index (χ0n) is 20.7. The number of nitrogens with zero attached hydrogens (tertiary/aromatic N) is 2. The van der Waals surface area contributed by atoms with Gasteiger partial charge in [-0.05, 0) is 37.0 Å². The zero-order valence-corrected chi connectivity index (χ0v) is 20.7. The first-order valence-electron chi connectivity index (χ1n) is 13.1. The van der Waals surface area contributed by atoms with Gasteiger partial charge in [-0.25, -0.2) is 14.4 Å². The van der Waals surface area contributed by atoms with Gasteiger partial charge >= 0.3 is 0 Å². The fourth-order valence-electron chi connectivity index (χ4n) is 3.97. The highest BCUT2D eigenvalue weighted by Gasteiger charge is 2.17. The summed E-state index contributed by atoms with van der Waals surface area (Å²) in [6, 6.07) is 2.98. The van der Waals surface area contributed by atoms with E-state index in [1.807, 2.05) is 0 Å². The molecule has 5 heteroatoms. The van der Waals surface area contributed by atoms with E-state index in [9.17, 15) is 8.78 Å². The number of halogens is 2. The molecule has 1 aromatic heterocycles. The summed E-state index contributed by atoms with van der Waals surface area (Å²) in [5.74, 6) is -1.76. The van der Waals surface area contributed by atoms with Gasteiger partial charge in [0.05, 0.1) is 12.2 Å². The van der Waals surface area contributed by atoms with Crippen LogP contribution in [-0.2, 0) is 6.42 Å². The van der Waals surface area contributed by atoms with Crippen LogP contribution in [0.5, 0.6) is 5.75 Å². The Hall–Kier alpha value is -2.04. The lowest BCUT2D eigenvalue weighted by molar-refractivity contribution is 0.285. The van der Waals surface area contributed by atoms with Gasteiger partial charge in [0.2, 0.25) is 5.82 Å². The summed E-state index contributed by atoms with van der Waals surface area (Å²) in [6.07, 6.45) is 21.2. The molecule has 0 bridgehead atoms. The van der Waals surface area contributed by atoms with E-state index in [1.54, 1.807) is 12.4 Å². The van der Waals surface area contributed by atoms with Crippen molar-refractivity contribution >= 4 is 0 Å². The number of hydrogen-bond donors (Lipinski definition) is 0. The van der Waals surface area contributed by atoms with Crippen molar-refractivity contribution in [2.24, 2.45) is 0 Å². The lowest BCUT2D eigenvalue weighted by Gasteiger charge is -2.10. The van der Waals surface area contributed by atoms with Crippen LogP contribution in [-0.4, -0.2) is 16.6 Å². The van der Waals surface area contributed by atoms with Crippen LogP contribution in [0.25, 0.3) is 11.4 Å². The molecule has 0 radical (unpaired) electrons. The summed E-state index contributed by atoms with van der Waals surface area (Å²) in [7, 11) is 0. The van der Waals surface area contributed by atoms with Crippen LogP contribution in [0, 0.1) is 11.6 Å². The average molecular weight is 461 g/mol. The van der Waals surface area contributed by atoms with Crippen LogP contribution in [0.3, 0.4) is 0 Å². The molecule has 1 heterocycles. The molecule has 3 nitrogen and oxygen atoms in total. The van der Waals surface area contributed by atoms with E-state index in [0.29, 0.717) is 6.61 Å². The van der Waals surface area contributed by atoms with E-state index in [2.05, 4.69) is 23.8 Å². The maximum absolute atomic E-state index is 14.6. The first-order valence-corrected chi connectivity index (χ1v) is 13.1. The number of rotatable bonds is 18. The molecule has 0 fully saturated rings. The number of unbranched alkanes of at least 4 members (excludes halogenated alkanes) is 12. The topological polar surface area (TPSA) is 35.0 Å². The molecule has 0 aliphatic rings. The molecule has 184 valence electrons. The second kappa shape index (κ2) is 16.6. The molecule has 0 aliphatic carbocycles. The van der Waals surface area contributed by atoms with Crippen molar-refractivity contribution < 1.29 is 13.5 Å². The molecule has 0 unspecified atom stereocenters. The molecule has 2 rings (SSSR count). The van der Waals surface area contributed by atoms with Gasteiger partial charge in [-0.2, -0.15) is 4.39 Å². The minimum Gasteiger partial charge on any atom is -0.490 e. The van der Waals surface area contributed by atoms with Crippen LogP contribution in [0.4, 0.5) is 8.78 Å². The van der Waals surface area contributed by atoms with E-state index < -0.39 is 11.6 Å². The summed E-state index contributed by atoms with van der Waals surface area (Å²) < 4.78 is 34.7. The fourth-order valence-corrected chi connectivity index (χ4v) is 3.97. The van der Waals surface area contributed by atoms with E-state index in [1.165, 1.54) is 76.3 Å². The smallest absolute Gasteiger partial charge is 0.201 e. The van der Waals surface area contributed by atoms with E-state index >= 15 is 0 Å². The number of aromatic nitrogens is 2. The third-order valence-corrected chi connectivity index (χ3v) is 6.07. The predicted octanol–water partition coefficient (Wildman–Crippen LogP) is 8.84.